The third kappa shape index (κ3) is 6.33. The first-order valence-electron chi connectivity index (χ1n) is 4.78. The van der Waals surface area contributed by atoms with Gasteiger partial charge in [-0.3, -0.25) is 4.98 Å². The number of rotatable bonds is 4. The number of aromatic nitrogens is 1. The maximum absolute atomic E-state index is 11.8. The molecule has 0 saturated carbocycles. The zero-order valence-corrected chi connectivity index (χ0v) is 9.88. The fourth-order valence-corrected chi connectivity index (χ4v) is 1.04. The summed E-state index contributed by atoms with van der Waals surface area (Å²) >= 11 is 5.38. The van der Waals surface area contributed by atoms with Crippen molar-refractivity contribution in [2.75, 3.05) is 19.3 Å². The maximum Gasteiger partial charge on any atom is 0.411 e. The van der Waals surface area contributed by atoms with E-state index >= 15 is 0 Å². The molecular formula is C11H9ClF3NO2. The van der Waals surface area contributed by atoms with Crippen molar-refractivity contribution in [2.45, 2.75) is 6.18 Å². The van der Waals surface area contributed by atoms with Crippen LogP contribution in [0.4, 0.5) is 13.2 Å². The molecular weight excluding hydrogens is 271 g/mol. The Morgan fingerprint density at radius 3 is 2.78 bits per heavy atom. The molecule has 0 radical (unpaired) electrons. The molecule has 0 aliphatic heterocycles. The summed E-state index contributed by atoms with van der Waals surface area (Å²) in [4.78, 5) is 3.82. The van der Waals surface area contributed by atoms with Gasteiger partial charge in [-0.25, -0.2) is 0 Å². The molecule has 0 spiro atoms. The third-order valence-electron chi connectivity index (χ3n) is 1.59. The molecule has 18 heavy (non-hydrogen) atoms. The van der Waals surface area contributed by atoms with Gasteiger partial charge in [-0.1, -0.05) is 11.8 Å². The Balaban J connectivity index is 2.43. The number of halogens is 4. The van der Waals surface area contributed by atoms with Crippen molar-refractivity contribution in [2.24, 2.45) is 0 Å². The highest BCUT2D eigenvalue weighted by Crippen LogP contribution is 2.15. The molecule has 0 amide bonds. The minimum Gasteiger partial charge on any atom is -0.466 e. The first kappa shape index (κ1) is 14.6. The first-order valence-corrected chi connectivity index (χ1v) is 5.32. The summed E-state index contributed by atoms with van der Waals surface area (Å²) in [6.45, 7) is -1.86. The highest BCUT2D eigenvalue weighted by Gasteiger charge is 2.27. The second-order valence-corrected chi connectivity index (χ2v) is 3.34. The lowest BCUT2D eigenvalue weighted by Crippen LogP contribution is -2.19. The number of hydrogen-bond acceptors (Lipinski definition) is 3. The van der Waals surface area contributed by atoms with Crippen molar-refractivity contribution in [3.05, 3.63) is 24.0 Å². The normalized spacial score (nSPS) is 10.7. The van der Waals surface area contributed by atoms with Crippen molar-refractivity contribution in [3.8, 4) is 17.6 Å². The molecule has 0 bridgehead atoms. The average molecular weight is 280 g/mol. The van der Waals surface area contributed by atoms with Gasteiger partial charge < -0.3 is 9.47 Å². The van der Waals surface area contributed by atoms with Crippen LogP contribution in [0, 0.1) is 11.8 Å². The molecule has 0 aliphatic carbocycles. The van der Waals surface area contributed by atoms with E-state index in [1.807, 2.05) is 0 Å². The molecule has 1 rings (SSSR count). The van der Waals surface area contributed by atoms with Gasteiger partial charge in [-0.05, 0) is 6.07 Å². The Morgan fingerprint density at radius 1 is 1.33 bits per heavy atom. The quantitative estimate of drug-likeness (QED) is 0.367. The monoisotopic (exact) mass is 279 g/mol. The molecule has 0 aromatic carbocycles. The zero-order valence-electron chi connectivity index (χ0n) is 9.13. The van der Waals surface area contributed by atoms with Gasteiger partial charge in [0.2, 0.25) is 0 Å². The maximum atomic E-state index is 11.8. The lowest BCUT2D eigenvalue weighted by Gasteiger charge is -2.08. The molecule has 1 heterocycles. The smallest absolute Gasteiger partial charge is 0.411 e. The van der Waals surface area contributed by atoms with Crippen molar-refractivity contribution < 1.29 is 22.6 Å². The Bertz CT molecular complexity index is 440. The molecule has 98 valence electrons. The standard InChI is InChI=1S/C11H9ClF3NO2/c12-3-1-2-9-4-10(6-16-5-9)18-8-17-7-11(13,14)15/h4-6H,3,7-8H2. The van der Waals surface area contributed by atoms with Gasteiger partial charge in [-0.15, -0.1) is 11.6 Å². The molecule has 0 atom stereocenters. The van der Waals surface area contributed by atoms with Crippen LogP contribution in [-0.4, -0.2) is 30.4 Å². The number of nitrogens with zero attached hydrogens (tertiary/aromatic N) is 1. The van der Waals surface area contributed by atoms with Gasteiger partial charge in [0.25, 0.3) is 0 Å². The molecule has 0 aliphatic rings. The number of ether oxygens (including phenoxy) is 2. The molecule has 1 aromatic rings. The van der Waals surface area contributed by atoms with E-state index in [1.54, 1.807) is 0 Å². The van der Waals surface area contributed by atoms with Crippen LogP contribution in [0.1, 0.15) is 5.56 Å². The number of hydrogen-bond donors (Lipinski definition) is 0. The van der Waals surface area contributed by atoms with Gasteiger partial charge in [0.05, 0.1) is 12.1 Å². The SMILES string of the molecule is FC(F)(F)COCOc1cncc(C#CCCl)c1. The van der Waals surface area contributed by atoms with Gasteiger partial charge in [0.15, 0.2) is 6.79 Å². The molecule has 1 aromatic heterocycles. The van der Waals surface area contributed by atoms with Crippen molar-refractivity contribution in [3.63, 3.8) is 0 Å². The van der Waals surface area contributed by atoms with Crippen molar-refractivity contribution >= 4 is 11.6 Å². The van der Waals surface area contributed by atoms with Gasteiger partial charge >= 0.3 is 6.18 Å². The lowest BCUT2D eigenvalue weighted by molar-refractivity contribution is -0.186. The molecule has 0 unspecified atom stereocenters. The summed E-state index contributed by atoms with van der Waals surface area (Å²) in [7, 11) is 0. The van der Waals surface area contributed by atoms with Gasteiger partial charge in [-0.2, -0.15) is 13.2 Å². The van der Waals surface area contributed by atoms with E-state index in [0.717, 1.165) is 0 Å². The predicted octanol–water partition coefficient (Wildman–Crippen LogP) is 2.59. The van der Waals surface area contributed by atoms with Crippen LogP contribution >= 0.6 is 11.6 Å². The third-order valence-corrected chi connectivity index (χ3v) is 1.72. The first-order chi connectivity index (χ1) is 8.51. The van der Waals surface area contributed by atoms with E-state index in [4.69, 9.17) is 16.3 Å². The van der Waals surface area contributed by atoms with Crippen LogP contribution in [0.15, 0.2) is 18.5 Å². The van der Waals surface area contributed by atoms with E-state index in [1.165, 1.54) is 18.5 Å². The summed E-state index contributed by atoms with van der Waals surface area (Å²) in [6, 6.07) is 1.53. The number of alkyl halides is 4. The highest BCUT2D eigenvalue weighted by molar-refractivity contribution is 6.19. The summed E-state index contributed by atoms with van der Waals surface area (Å²) in [5.74, 6) is 5.78. The fourth-order valence-electron chi connectivity index (χ4n) is 0.969. The van der Waals surface area contributed by atoms with Gasteiger partial charge in [0.1, 0.15) is 12.4 Å². The Morgan fingerprint density at radius 2 is 2.11 bits per heavy atom. The largest absolute Gasteiger partial charge is 0.466 e. The Kier molecular flexibility index (Phi) is 5.75. The summed E-state index contributed by atoms with van der Waals surface area (Å²) in [5.41, 5.74) is 0.559. The minimum absolute atomic E-state index is 0.180. The van der Waals surface area contributed by atoms with Crippen LogP contribution in [0.5, 0.6) is 5.75 Å². The second-order valence-electron chi connectivity index (χ2n) is 3.07. The summed E-state index contributed by atoms with van der Waals surface area (Å²) in [6.07, 6.45) is -1.53. The molecule has 7 heteroatoms. The molecule has 0 saturated heterocycles. The minimum atomic E-state index is -4.37. The Hall–Kier alpha value is -1.45. The summed E-state index contributed by atoms with van der Waals surface area (Å²) < 4.78 is 44.5. The Labute approximate surface area is 107 Å². The fraction of sp³-hybridized carbons (Fsp3) is 0.364. The van der Waals surface area contributed by atoms with E-state index in [-0.39, 0.29) is 11.6 Å². The number of pyridine rings is 1. The summed E-state index contributed by atoms with van der Waals surface area (Å²) in [5, 5.41) is 0. The van der Waals surface area contributed by atoms with Crippen LogP contribution in [-0.2, 0) is 4.74 Å². The predicted molar refractivity (Wildman–Crippen MR) is 59.3 cm³/mol. The average Bonchev–Trinajstić information content (AvgIpc) is 2.31. The van der Waals surface area contributed by atoms with E-state index < -0.39 is 19.6 Å². The molecule has 3 nitrogen and oxygen atoms in total. The molecule has 0 N–H and O–H groups in total. The van der Waals surface area contributed by atoms with E-state index in [0.29, 0.717) is 5.56 Å². The van der Waals surface area contributed by atoms with Gasteiger partial charge in [0, 0.05) is 11.8 Å². The van der Waals surface area contributed by atoms with Crippen molar-refractivity contribution in [1.82, 2.24) is 4.98 Å². The van der Waals surface area contributed by atoms with E-state index in [9.17, 15) is 13.2 Å². The highest BCUT2D eigenvalue weighted by atomic mass is 35.5. The topological polar surface area (TPSA) is 31.4 Å². The van der Waals surface area contributed by atoms with Crippen LogP contribution in [0.2, 0.25) is 0 Å². The lowest BCUT2D eigenvalue weighted by atomic mass is 10.3. The van der Waals surface area contributed by atoms with E-state index in [2.05, 4.69) is 21.6 Å². The zero-order chi connectivity index (χ0) is 13.4. The van der Waals surface area contributed by atoms with Crippen LogP contribution in [0.3, 0.4) is 0 Å². The van der Waals surface area contributed by atoms with Crippen molar-refractivity contribution in [1.29, 1.82) is 0 Å². The molecule has 0 fully saturated rings. The van der Waals surface area contributed by atoms with Crippen LogP contribution < -0.4 is 4.74 Å². The second kappa shape index (κ2) is 7.09. The van der Waals surface area contributed by atoms with Crippen LogP contribution in [0.25, 0.3) is 0 Å².